The van der Waals surface area contributed by atoms with E-state index in [1.165, 1.54) is 13.5 Å². The van der Waals surface area contributed by atoms with E-state index in [4.69, 9.17) is 0 Å². The maximum atomic E-state index is 11.9. The summed E-state index contributed by atoms with van der Waals surface area (Å²) in [5.41, 5.74) is 0. The molecule has 0 aliphatic carbocycles. The molecule has 1 heterocycles. The second-order valence-electron chi connectivity index (χ2n) is 5.31. The monoisotopic (exact) mass is 270 g/mol. The molecule has 1 saturated heterocycles. The second-order valence-corrected chi connectivity index (χ2v) is 5.31. The Morgan fingerprint density at radius 1 is 1.32 bits per heavy atom. The van der Waals surface area contributed by atoms with E-state index in [9.17, 15) is 9.59 Å². The molecule has 1 unspecified atom stereocenters. The zero-order valence-electron chi connectivity index (χ0n) is 12.1. The Hall–Kier alpha value is -1.26. The van der Waals surface area contributed by atoms with E-state index < -0.39 is 0 Å². The SMILES string of the molecule is COC(=O)CCCCCNC(=O)N1CCCC(C)C1. The van der Waals surface area contributed by atoms with Crippen molar-refractivity contribution in [3.63, 3.8) is 0 Å². The van der Waals surface area contributed by atoms with Crippen LogP contribution in [-0.4, -0.2) is 43.6 Å². The summed E-state index contributed by atoms with van der Waals surface area (Å²) < 4.78 is 4.57. The molecule has 0 aromatic heterocycles. The molecule has 1 atom stereocenters. The molecule has 1 aliphatic heterocycles. The quantitative estimate of drug-likeness (QED) is 0.594. The van der Waals surface area contributed by atoms with Crippen LogP contribution in [0.15, 0.2) is 0 Å². The summed E-state index contributed by atoms with van der Waals surface area (Å²) in [4.78, 5) is 24.7. The molecule has 1 fully saturated rings. The van der Waals surface area contributed by atoms with Crippen LogP contribution in [0.5, 0.6) is 0 Å². The molecule has 5 heteroatoms. The number of hydrogen-bond acceptors (Lipinski definition) is 3. The first-order valence-corrected chi connectivity index (χ1v) is 7.23. The Labute approximate surface area is 115 Å². The average Bonchev–Trinajstić information content (AvgIpc) is 2.42. The van der Waals surface area contributed by atoms with Crippen LogP contribution in [0.1, 0.15) is 45.4 Å². The third-order valence-electron chi connectivity index (χ3n) is 3.51. The fourth-order valence-electron chi connectivity index (χ4n) is 2.35. The number of esters is 1. The molecule has 1 rings (SSSR count). The molecule has 2 amide bonds. The van der Waals surface area contributed by atoms with Crippen LogP contribution >= 0.6 is 0 Å². The molecule has 5 nitrogen and oxygen atoms in total. The number of methoxy groups -OCH3 is 1. The van der Waals surface area contributed by atoms with Crippen LogP contribution < -0.4 is 5.32 Å². The number of carbonyl (C=O) groups excluding carboxylic acids is 2. The van der Waals surface area contributed by atoms with Gasteiger partial charge in [0.15, 0.2) is 0 Å². The van der Waals surface area contributed by atoms with Crippen molar-refractivity contribution in [2.75, 3.05) is 26.7 Å². The van der Waals surface area contributed by atoms with Gasteiger partial charge in [0.1, 0.15) is 0 Å². The van der Waals surface area contributed by atoms with Gasteiger partial charge in [-0.1, -0.05) is 13.3 Å². The summed E-state index contributed by atoms with van der Waals surface area (Å²) >= 11 is 0. The Bertz CT molecular complexity index is 294. The highest BCUT2D eigenvalue weighted by Crippen LogP contribution is 2.15. The number of amides is 2. The smallest absolute Gasteiger partial charge is 0.317 e. The van der Waals surface area contributed by atoms with Crippen molar-refractivity contribution in [3.8, 4) is 0 Å². The summed E-state index contributed by atoms with van der Waals surface area (Å²) in [6.45, 7) is 4.61. The highest BCUT2D eigenvalue weighted by atomic mass is 16.5. The molecular formula is C14H26N2O3. The van der Waals surface area contributed by atoms with Crippen LogP contribution in [-0.2, 0) is 9.53 Å². The normalized spacial score (nSPS) is 19.1. The third-order valence-corrected chi connectivity index (χ3v) is 3.51. The van der Waals surface area contributed by atoms with Crippen molar-refractivity contribution in [2.24, 2.45) is 5.92 Å². The number of unbranched alkanes of at least 4 members (excludes halogenated alkanes) is 2. The highest BCUT2D eigenvalue weighted by Gasteiger charge is 2.20. The number of carbonyl (C=O) groups is 2. The van der Waals surface area contributed by atoms with E-state index in [-0.39, 0.29) is 12.0 Å². The standard InChI is InChI=1S/C14H26N2O3/c1-12-7-6-10-16(11-12)14(18)15-9-5-3-4-8-13(17)19-2/h12H,3-11H2,1-2H3,(H,15,18). The van der Waals surface area contributed by atoms with Gasteiger partial charge in [0.25, 0.3) is 0 Å². The topological polar surface area (TPSA) is 58.6 Å². The minimum atomic E-state index is -0.161. The van der Waals surface area contributed by atoms with Gasteiger partial charge in [-0.05, 0) is 31.6 Å². The first-order chi connectivity index (χ1) is 9.13. The number of hydrogen-bond donors (Lipinski definition) is 1. The zero-order chi connectivity index (χ0) is 14.1. The number of ether oxygens (including phenoxy) is 1. The Morgan fingerprint density at radius 3 is 2.79 bits per heavy atom. The van der Waals surface area contributed by atoms with Gasteiger partial charge < -0.3 is 15.0 Å². The Balaban J connectivity index is 2.02. The van der Waals surface area contributed by atoms with Gasteiger partial charge in [0.2, 0.25) is 0 Å². The number of likely N-dealkylation sites (tertiary alicyclic amines) is 1. The largest absolute Gasteiger partial charge is 0.469 e. The maximum Gasteiger partial charge on any atom is 0.317 e. The molecule has 110 valence electrons. The third kappa shape index (κ3) is 6.45. The molecule has 0 spiro atoms. The molecule has 1 N–H and O–H groups in total. The molecule has 0 aromatic rings. The van der Waals surface area contributed by atoms with Gasteiger partial charge in [-0.3, -0.25) is 4.79 Å². The van der Waals surface area contributed by atoms with E-state index >= 15 is 0 Å². The lowest BCUT2D eigenvalue weighted by Gasteiger charge is -2.30. The molecule has 0 saturated carbocycles. The predicted molar refractivity (Wildman–Crippen MR) is 73.9 cm³/mol. The van der Waals surface area contributed by atoms with Gasteiger partial charge in [0.05, 0.1) is 7.11 Å². The summed E-state index contributed by atoms with van der Waals surface area (Å²) in [7, 11) is 1.40. The fourth-order valence-corrected chi connectivity index (χ4v) is 2.35. The highest BCUT2D eigenvalue weighted by molar-refractivity contribution is 5.74. The van der Waals surface area contributed by atoms with Crippen LogP contribution in [0.3, 0.4) is 0 Å². The first-order valence-electron chi connectivity index (χ1n) is 7.23. The molecule has 0 radical (unpaired) electrons. The second kappa shape index (κ2) is 8.77. The lowest BCUT2D eigenvalue weighted by atomic mass is 10.0. The number of urea groups is 1. The van der Waals surface area contributed by atoms with Crippen LogP contribution in [0.4, 0.5) is 4.79 Å². The van der Waals surface area contributed by atoms with Crippen molar-refractivity contribution in [3.05, 3.63) is 0 Å². The number of rotatable bonds is 6. The summed E-state index contributed by atoms with van der Waals surface area (Å²) in [6, 6.07) is 0.0551. The molecule has 0 aromatic carbocycles. The van der Waals surface area contributed by atoms with Gasteiger partial charge in [0, 0.05) is 26.1 Å². The van der Waals surface area contributed by atoms with Crippen LogP contribution in [0.2, 0.25) is 0 Å². The number of piperidine rings is 1. The summed E-state index contributed by atoms with van der Waals surface area (Å²) in [5.74, 6) is 0.450. The van der Waals surface area contributed by atoms with Crippen molar-refractivity contribution in [1.82, 2.24) is 10.2 Å². The van der Waals surface area contributed by atoms with Crippen LogP contribution in [0, 0.1) is 5.92 Å². The molecular weight excluding hydrogens is 244 g/mol. The van der Waals surface area contributed by atoms with Gasteiger partial charge in [-0.25, -0.2) is 4.79 Å². The van der Waals surface area contributed by atoms with E-state index in [1.54, 1.807) is 0 Å². The maximum absolute atomic E-state index is 11.9. The average molecular weight is 270 g/mol. The lowest BCUT2D eigenvalue weighted by Crippen LogP contribution is -2.45. The summed E-state index contributed by atoms with van der Waals surface area (Å²) in [5, 5.41) is 2.95. The molecule has 1 aliphatic rings. The zero-order valence-corrected chi connectivity index (χ0v) is 12.1. The fraction of sp³-hybridized carbons (Fsp3) is 0.857. The van der Waals surface area contributed by atoms with Crippen LogP contribution in [0.25, 0.3) is 0 Å². The molecule has 0 bridgehead atoms. The van der Waals surface area contributed by atoms with E-state index in [2.05, 4.69) is 17.0 Å². The Morgan fingerprint density at radius 2 is 2.11 bits per heavy atom. The van der Waals surface area contributed by atoms with Gasteiger partial charge in [-0.15, -0.1) is 0 Å². The predicted octanol–water partition coefficient (Wildman–Crippen LogP) is 2.16. The number of nitrogens with one attached hydrogen (secondary N) is 1. The summed E-state index contributed by atoms with van der Waals surface area (Å²) in [6.07, 6.45) is 5.46. The minimum Gasteiger partial charge on any atom is -0.469 e. The minimum absolute atomic E-state index is 0.0551. The molecule has 19 heavy (non-hydrogen) atoms. The Kier molecular flexibility index (Phi) is 7.30. The van der Waals surface area contributed by atoms with Crippen molar-refractivity contribution in [1.29, 1.82) is 0 Å². The van der Waals surface area contributed by atoms with E-state index in [0.29, 0.717) is 18.9 Å². The first kappa shape index (κ1) is 15.8. The van der Waals surface area contributed by atoms with Crippen molar-refractivity contribution >= 4 is 12.0 Å². The van der Waals surface area contributed by atoms with Crippen molar-refractivity contribution < 1.29 is 14.3 Å². The van der Waals surface area contributed by atoms with E-state index in [0.717, 1.165) is 38.8 Å². The van der Waals surface area contributed by atoms with Gasteiger partial charge >= 0.3 is 12.0 Å². The van der Waals surface area contributed by atoms with E-state index in [1.807, 2.05) is 4.90 Å². The lowest BCUT2D eigenvalue weighted by molar-refractivity contribution is -0.140. The van der Waals surface area contributed by atoms with Gasteiger partial charge in [-0.2, -0.15) is 0 Å². The van der Waals surface area contributed by atoms with Crippen molar-refractivity contribution in [2.45, 2.75) is 45.4 Å². The number of nitrogens with zero attached hydrogens (tertiary/aromatic N) is 1.